The largest absolute Gasteiger partial charge is 0.265 e. The molecule has 12 heteroatoms. The van der Waals surface area contributed by atoms with Crippen LogP contribution in [0.3, 0.4) is 0 Å². The normalized spacial score (nSPS) is 11.3. The summed E-state index contributed by atoms with van der Waals surface area (Å²) >= 11 is 0. The Kier molecular flexibility index (Phi) is 11.9. The lowest BCUT2D eigenvalue weighted by Crippen LogP contribution is -2.31. The van der Waals surface area contributed by atoms with Crippen LogP contribution in [0, 0.1) is 0 Å². The summed E-state index contributed by atoms with van der Waals surface area (Å²) in [4.78, 5) is 55.0. The van der Waals surface area contributed by atoms with Gasteiger partial charge in [0.15, 0.2) is 23.3 Å². The van der Waals surface area contributed by atoms with Crippen molar-refractivity contribution in [3.8, 4) is 90.1 Å². The molecule has 0 unspecified atom stereocenters. The third-order valence-corrected chi connectivity index (χ3v) is 13.0. The topological polar surface area (TPSA) is 155 Å². The monoisotopic (exact) mass is 940 g/mol. The predicted octanol–water partition coefficient (Wildman–Crippen LogP) is 12.1. The first-order valence-corrected chi connectivity index (χ1v) is 23.5. The van der Waals surface area contributed by atoms with Gasteiger partial charge in [-0.15, -0.1) is 0 Å². The molecule has 0 aliphatic rings. The molecule has 0 N–H and O–H groups in total. The van der Waals surface area contributed by atoms with Gasteiger partial charge < -0.3 is 0 Å². The second-order valence-corrected chi connectivity index (χ2v) is 17.2. The van der Waals surface area contributed by atoms with Crippen LogP contribution in [0.4, 0.5) is 0 Å². The van der Waals surface area contributed by atoms with Crippen molar-refractivity contribution in [2.24, 2.45) is 0 Å². The van der Waals surface area contributed by atoms with Crippen LogP contribution in [-0.2, 0) is 5.41 Å². The molecule has 4 aromatic carbocycles. The molecule has 73 heavy (non-hydrogen) atoms. The molecule has 0 saturated carbocycles. The molecular formula is C61H40N12. The third kappa shape index (κ3) is 8.88. The van der Waals surface area contributed by atoms with Crippen molar-refractivity contribution < 1.29 is 0 Å². The quantitative estimate of drug-likeness (QED) is 0.107. The van der Waals surface area contributed by atoms with Gasteiger partial charge >= 0.3 is 0 Å². The van der Waals surface area contributed by atoms with E-state index in [0.29, 0.717) is 23.3 Å². The van der Waals surface area contributed by atoms with E-state index < -0.39 is 5.41 Å². The summed E-state index contributed by atoms with van der Waals surface area (Å²) in [6.45, 7) is 0. The van der Waals surface area contributed by atoms with Gasteiger partial charge in [0.05, 0.1) is 5.41 Å². The number of rotatable bonds is 12. The highest BCUT2D eigenvalue weighted by molar-refractivity contribution is 5.71. The van der Waals surface area contributed by atoms with Gasteiger partial charge in [0, 0.05) is 144 Å². The average molecular weight is 941 g/mol. The van der Waals surface area contributed by atoms with Crippen molar-refractivity contribution in [2.45, 2.75) is 5.41 Å². The zero-order valence-electron chi connectivity index (χ0n) is 39.0. The molecule has 8 aromatic heterocycles. The van der Waals surface area contributed by atoms with Crippen LogP contribution in [0.15, 0.2) is 245 Å². The molecule has 344 valence electrons. The van der Waals surface area contributed by atoms with Crippen LogP contribution >= 0.6 is 0 Å². The molecule has 0 fully saturated rings. The molecule has 0 aliphatic carbocycles. The Morgan fingerprint density at radius 2 is 0.356 bits per heavy atom. The van der Waals surface area contributed by atoms with E-state index in [1.807, 2.05) is 98.1 Å². The first-order valence-electron chi connectivity index (χ1n) is 23.5. The fraction of sp³-hybridized carbons (Fsp3) is 0.0164. The standard InChI is InChI=1S/C61H40N12/c1-9-53(10-2-45(1)57-66-33-49(34-67-57)41-17-25-62-26-18-41)61(54-11-3-46(4-12-54)58-68-35-50(36-69-58)42-19-27-63-28-20-42,55-13-5-47(6-14-55)59-70-37-51(38-71-59)43-21-29-64-30-22-43)56-15-7-48(8-16-56)60-72-39-52(40-73-60)44-23-31-65-32-24-44/h1-40H. The Bertz CT molecular complexity index is 3230. The van der Waals surface area contributed by atoms with Crippen LogP contribution < -0.4 is 0 Å². The van der Waals surface area contributed by atoms with Crippen molar-refractivity contribution in [2.75, 3.05) is 0 Å². The fourth-order valence-electron chi connectivity index (χ4n) is 9.16. The van der Waals surface area contributed by atoms with Crippen molar-refractivity contribution >= 4 is 0 Å². The Labute approximate surface area is 420 Å². The number of hydrogen-bond donors (Lipinski definition) is 0. The number of hydrogen-bond acceptors (Lipinski definition) is 12. The Balaban J connectivity index is 0.978. The molecule has 0 saturated heterocycles. The lowest BCUT2D eigenvalue weighted by Gasteiger charge is -2.37. The molecule has 12 nitrogen and oxygen atoms in total. The summed E-state index contributed by atoms with van der Waals surface area (Å²) in [5, 5.41) is 0. The van der Waals surface area contributed by atoms with Crippen LogP contribution in [0.2, 0.25) is 0 Å². The van der Waals surface area contributed by atoms with Gasteiger partial charge in [0.1, 0.15) is 0 Å². The van der Waals surface area contributed by atoms with Crippen molar-refractivity contribution in [1.82, 2.24) is 59.8 Å². The Hall–Kier alpha value is -10.2. The van der Waals surface area contributed by atoms with Crippen LogP contribution in [0.5, 0.6) is 0 Å². The molecule has 0 bridgehead atoms. The molecule has 0 radical (unpaired) electrons. The van der Waals surface area contributed by atoms with Crippen molar-refractivity contribution in [3.05, 3.63) is 267 Å². The summed E-state index contributed by atoms with van der Waals surface area (Å²) in [6.07, 6.45) is 28.9. The number of benzene rings is 4. The van der Waals surface area contributed by atoms with Crippen molar-refractivity contribution in [1.29, 1.82) is 0 Å². The molecular weight excluding hydrogens is 901 g/mol. The summed E-state index contributed by atoms with van der Waals surface area (Å²) in [6, 6.07) is 49.7. The van der Waals surface area contributed by atoms with E-state index in [9.17, 15) is 0 Å². The highest BCUT2D eigenvalue weighted by Crippen LogP contribution is 2.47. The Morgan fingerprint density at radius 3 is 0.534 bits per heavy atom. The second-order valence-electron chi connectivity index (χ2n) is 17.2. The number of aromatic nitrogens is 12. The Morgan fingerprint density at radius 1 is 0.178 bits per heavy atom. The molecule has 0 amide bonds. The number of pyridine rings is 4. The number of nitrogens with zero attached hydrogens (tertiary/aromatic N) is 12. The minimum Gasteiger partial charge on any atom is -0.265 e. The van der Waals surface area contributed by atoms with Gasteiger partial charge in [-0.2, -0.15) is 0 Å². The molecule has 0 atom stereocenters. The lowest BCUT2D eigenvalue weighted by molar-refractivity contribution is 0.745. The van der Waals surface area contributed by atoms with Gasteiger partial charge in [-0.3, -0.25) is 19.9 Å². The first kappa shape index (κ1) is 44.0. The second kappa shape index (κ2) is 19.7. The maximum absolute atomic E-state index is 4.80. The smallest absolute Gasteiger partial charge is 0.159 e. The van der Waals surface area contributed by atoms with E-state index in [-0.39, 0.29) is 0 Å². The van der Waals surface area contributed by atoms with Crippen LogP contribution in [0.25, 0.3) is 90.1 Å². The molecule has 0 aliphatic heterocycles. The van der Waals surface area contributed by atoms with E-state index in [0.717, 1.165) is 89.0 Å². The molecule has 12 rings (SSSR count). The minimum atomic E-state index is -0.871. The van der Waals surface area contributed by atoms with Gasteiger partial charge in [0.25, 0.3) is 0 Å². The summed E-state index contributed by atoms with van der Waals surface area (Å²) in [7, 11) is 0. The van der Waals surface area contributed by atoms with E-state index in [4.69, 9.17) is 39.9 Å². The maximum atomic E-state index is 4.80. The van der Waals surface area contributed by atoms with Gasteiger partial charge in [-0.1, -0.05) is 97.1 Å². The fourth-order valence-corrected chi connectivity index (χ4v) is 9.16. The summed E-state index contributed by atoms with van der Waals surface area (Å²) in [5.74, 6) is 2.47. The predicted molar refractivity (Wildman–Crippen MR) is 282 cm³/mol. The minimum absolute atomic E-state index is 0.618. The van der Waals surface area contributed by atoms with Crippen LogP contribution in [0.1, 0.15) is 22.3 Å². The molecule has 12 aromatic rings. The maximum Gasteiger partial charge on any atom is 0.159 e. The lowest BCUT2D eigenvalue weighted by atomic mass is 9.64. The highest BCUT2D eigenvalue weighted by atomic mass is 14.9. The van der Waals surface area contributed by atoms with E-state index in [1.54, 1.807) is 49.6 Å². The van der Waals surface area contributed by atoms with E-state index in [2.05, 4.69) is 117 Å². The van der Waals surface area contributed by atoms with Crippen LogP contribution in [-0.4, -0.2) is 59.8 Å². The molecule has 0 spiro atoms. The van der Waals surface area contributed by atoms with E-state index in [1.165, 1.54) is 0 Å². The zero-order chi connectivity index (χ0) is 48.8. The van der Waals surface area contributed by atoms with Gasteiger partial charge in [-0.25, -0.2) is 39.9 Å². The average Bonchev–Trinajstić information content (AvgIpc) is 3.49. The third-order valence-electron chi connectivity index (χ3n) is 13.0. The summed E-state index contributed by atoms with van der Waals surface area (Å²) in [5.41, 5.74) is 14.4. The summed E-state index contributed by atoms with van der Waals surface area (Å²) < 4.78 is 0. The van der Waals surface area contributed by atoms with E-state index >= 15 is 0 Å². The first-order chi connectivity index (χ1) is 36.2. The van der Waals surface area contributed by atoms with Gasteiger partial charge in [-0.05, 0) is 93.0 Å². The zero-order valence-corrected chi connectivity index (χ0v) is 39.0. The molecule has 8 heterocycles. The SMILES string of the molecule is c1cc(-c2cnc(-c3ccc(C(c4ccc(-c5ncc(-c6ccncc6)cn5)cc4)(c4ccc(-c5ncc(-c6ccncc6)cn5)cc4)c4ccc(-c5ncc(-c6ccncc6)cn5)cc4)cc3)nc2)ccn1. The van der Waals surface area contributed by atoms with Crippen molar-refractivity contribution in [3.63, 3.8) is 0 Å². The van der Waals surface area contributed by atoms with Gasteiger partial charge in [0.2, 0.25) is 0 Å². The highest BCUT2D eigenvalue weighted by Gasteiger charge is 2.39.